The maximum atomic E-state index is 13.0. The number of rotatable bonds is 5. The quantitative estimate of drug-likeness (QED) is 0.573. The zero-order chi connectivity index (χ0) is 25.3. The van der Waals surface area contributed by atoms with Crippen LogP contribution in [0, 0.1) is 0 Å². The minimum atomic E-state index is -0.561. The van der Waals surface area contributed by atoms with Crippen LogP contribution in [0.25, 0.3) is 10.9 Å². The summed E-state index contributed by atoms with van der Waals surface area (Å²) in [5, 5.41) is 4.13. The number of carbonyl (C=O) groups excluding carboxylic acids is 1. The first kappa shape index (κ1) is 24.4. The number of nitrogens with zero attached hydrogens (tertiary/aromatic N) is 7. The fraction of sp³-hybridized carbons (Fsp3) is 0.480. The van der Waals surface area contributed by atoms with E-state index >= 15 is 0 Å². The largest absolute Gasteiger partial charge is 0.444 e. The van der Waals surface area contributed by atoms with Gasteiger partial charge in [0.25, 0.3) is 0 Å². The van der Waals surface area contributed by atoms with Crippen molar-refractivity contribution in [1.29, 1.82) is 0 Å². The summed E-state index contributed by atoms with van der Waals surface area (Å²) in [6.07, 6.45) is 6.76. The van der Waals surface area contributed by atoms with Gasteiger partial charge in [-0.15, -0.1) is 0 Å². The Labute approximate surface area is 206 Å². The normalized spacial score (nSPS) is 15.9. The minimum Gasteiger partial charge on any atom is -0.444 e. The third-order valence-electron chi connectivity index (χ3n) is 5.75. The lowest BCUT2D eigenvalue weighted by Crippen LogP contribution is -2.36. The van der Waals surface area contributed by atoms with Gasteiger partial charge in [0, 0.05) is 70.6 Å². The minimum absolute atomic E-state index is 0.167. The van der Waals surface area contributed by atoms with E-state index in [0.29, 0.717) is 12.5 Å². The van der Waals surface area contributed by atoms with Crippen LogP contribution in [-0.4, -0.2) is 71.3 Å². The van der Waals surface area contributed by atoms with Gasteiger partial charge in [-0.05, 0) is 39.7 Å². The highest BCUT2D eigenvalue weighted by Crippen LogP contribution is 2.38. The van der Waals surface area contributed by atoms with Crippen LogP contribution in [0.5, 0.6) is 0 Å². The number of carbonyl (C=O) groups is 1. The van der Waals surface area contributed by atoms with E-state index < -0.39 is 5.60 Å². The van der Waals surface area contributed by atoms with Gasteiger partial charge in [0.15, 0.2) is 0 Å². The average Bonchev–Trinajstić information content (AvgIpc) is 3.27. The molecule has 3 aromatic heterocycles. The van der Waals surface area contributed by atoms with Crippen LogP contribution in [0.1, 0.15) is 45.2 Å². The lowest BCUT2D eigenvalue weighted by Gasteiger charge is -2.29. The van der Waals surface area contributed by atoms with E-state index in [1.807, 2.05) is 77.1 Å². The van der Waals surface area contributed by atoms with E-state index in [2.05, 4.69) is 15.3 Å². The maximum absolute atomic E-state index is 13.0. The maximum Gasteiger partial charge on any atom is 0.410 e. The Kier molecular flexibility index (Phi) is 6.64. The molecule has 10 nitrogen and oxygen atoms in total. The molecule has 1 N–H and O–H groups in total. The Balaban J connectivity index is 1.75. The molecule has 186 valence electrons. The first-order valence-electron chi connectivity index (χ1n) is 11.8. The molecule has 10 heteroatoms. The second-order valence-electron chi connectivity index (χ2n) is 10.1. The smallest absolute Gasteiger partial charge is 0.410 e. The van der Waals surface area contributed by atoms with Gasteiger partial charge in [0.1, 0.15) is 17.2 Å². The van der Waals surface area contributed by atoms with Crippen molar-refractivity contribution >= 4 is 40.3 Å². The monoisotopic (exact) mass is 478 g/mol. The second-order valence-corrected chi connectivity index (χ2v) is 10.1. The molecule has 0 aromatic carbocycles. The van der Waals surface area contributed by atoms with E-state index in [4.69, 9.17) is 14.7 Å². The van der Waals surface area contributed by atoms with E-state index in [9.17, 15) is 4.79 Å². The van der Waals surface area contributed by atoms with Crippen molar-refractivity contribution < 1.29 is 9.53 Å². The predicted octanol–water partition coefficient (Wildman–Crippen LogP) is 4.37. The predicted molar refractivity (Wildman–Crippen MR) is 138 cm³/mol. The van der Waals surface area contributed by atoms with Gasteiger partial charge in [-0.25, -0.2) is 24.7 Å². The third-order valence-corrected chi connectivity index (χ3v) is 5.75. The number of aromatic nitrogens is 4. The molecule has 0 radical (unpaired) electrons. The summed E-state index contributed by atoms with van der Waals surface area (Å²) in [4.78, 5) is 37.2. The summed E-state index contributed by atoms with van der Waals surface area (Å²) < 4.78 is 5.68. The fourth-order valence-corrected chi connectivity index (χ4v) is 4.19. The van der Waals surface area contributed by atoms with Crippen molar-refractivity contribution in [2.24, 2.45) is 0 Å². The molecule has 1 atom stereocenters. The molecule has 0 bridgehead atoms. The molecule has 4 rings (SSSR count). The third kappa shape index (κ3) is 5.36. The Bertz CT molecular complexity index is 1220. The molecular formula is C25H34N8O2. The highest BCUT2D eigenvalue weighted by Gasteiger charge is 2.35. The summed E-state index contributed by atoms with van der Waals surface area (Å²) in [6, 6.07) is 3.65. The highest BCUT2D eigenvalue weighted by atomic mass is 16.6. The van der Waals surface area contributed by atoms with Gasteiger partial charge < -0.3 is 24.8 Å². The van der Waals surface area contributed by atoms with Crippen LogP contribution in [-0.2, 0) is 4.74 Å². The zero-order valence-electron chi connectivity index (χ0n) is 21.5. The number of ether oxygens (including phenoxy) is 1. The van der Waals surface area contributed by atoms with E-state index in [0.717, 1.165) is 46.6 Å². The molecule has 1 saturated heterocycles. The average molecular weight is 479 g/mol. The lowest BCUT2D eigenvalue weighted by molar-refractivity contribution is 0.0225. The van der Waals surface area contributed by atoms with Crippen molar-refractivity contribution in [2.45, 2.75) is 45.3 Å². The van der Waals surface area contributed by atoms with Crippen molar-refractivity contribution in [3.8, 4) is 0 Å². The molecule has 0 aliphatic carbocycles. The van der Waals surface area contributed by atoms with Crippen LogP contribution >= 0.6 is 0 Å². The van der Waals surface area contributed by atoms with Gasteiger partial charge in [0.05, 0.1) is 16.9 Å². The van der Waals surface area contributed by atoms with Gasteiger partial charge in [-0.3, -0.25) is 0 Å². The molecule has 1 fully saturated rings. The van der Waals surface area contributed by atoms with Crippen molar-refractivity contribution in [2.75, 3.05) is 49.9 Å². The molecule has 35 heavy (non-hydrogen) atoms. The second kappa shape index (κ2) is 9.52. The molecule has 1 amide bonds. The van der Waals surface area contributed by atoms with Gasteiger partial charge in [-0.2, -0.15) is 0 Å². The molecule has 0 spiro atoms. The Hall–Kier alpha value is -3.69. The first-order valence-corrected chi connectivity index (χ1v) is 11.8. The fourth-order valence-electron chi connectivity index (χ4n) is 4.19. The summed E-state index contributed by atoms with van der Waals surface area (Å²) in [7, 11) is 7.77. The SMILES string of the molecule is CN(C)c1cc(Nc2ncc3c(N(C)C)ncc(C4CCCN4C(=O)OC(C)(C)C)c3n2)ccn1. The van der Waals surface area contributed by atoms with Crippen LogP contribution in [0.2, 0.25) is 0 Å². The van der Waals surface area contributed by atoms with E-state index in [-0.39, 0.29) is 12.1 Å². The summed E-state index contributed by atoms with van der Waals surface area (Å²) in [5.41, 5.74) is 1.93. The van der Waals surface area contributed by atoms with Gasteiger partial charge in [-0.1, -0.05) is 0 Å². The standard InChI is InChI=1S/C25H34N8O2/c1-25(2,3)35-24(34)33-12-8-9-19(33)17-14-27-22(32(6)7)18-15-28-23(30-21(17)18)29-16-10-11-26-20(13-16)31(4)5/h10-11,13-15,19H,8-9,12H2,1-7H3,(H,26,28,29,30). The van der Waals surface area contributed by atoms with Crippen LogP contribution < -0.4 is 15.1 Å². The van der Waals surface area contributed by atoms with Crippen LogP contribution in [0.3, 0.4) is 0 Å². The number of pyridine rings is 2. The Morgan fingerprint density at radius 2 is 1.89 bits per heavy atom. The van der Waals surface area contributed by atoms with Crippen molar-refractivity contribution in [3.05, 3.63) is 36.3 Å². The zero-order valence-corrected chi connectivity index (χ0v) is 21.5. The van der Waals surface area contributed by atoms with Crippen LogP contribution in [0.4, 0.5) is 28.1 Å². The topological polar surface area (TPSA) is 99.6 Å². The van der Waals surface area contributed by atoms with E-state index in [1.165, 1.54) is 0 Å². The Morgan fingerprint density at radius 1 is 1.11 bits per heavy atom. The summed E-state index contributed by atoms with van der Waals surface area (Å²) in [6.45, 7) is 6.28. The van der Waals surface area contributed by atoms with E-state index in [1.54, 1.807) is 17.3 Å². The summed E-state index contributed by atoms with van der Waals surface area (Å²) in [5.74, 6) is 2.07. The highest BCUT2D eigenvalue weighted by molar-refractivity contribution is 5.92. The molecule has 1 unspecified atom stereocenters. The van der Waals surface area contributed by atoms with Crippen LogP contribution in [0.15, 0.2) is 30.7 Å². The molecule has 4 heterocycles. The van der Waals surface area contributed by atoms with Crippen molar-refractivity contribution in [1.82, 2.24) is 24.8 Å². The molecule has 1 aliphatic heterocycles. The number of nitrogens with one attached hydrogen (secondary N) is 1. The Morgan fingerprint density at radius 3 is 2.57 bits per heavy atom. The summed E-state index contributed by atoms with van der Waals surface area (Å²) >= 11 is 0. The molecule has 0 saturated carbocycles. The number of hydrogen-bond acceptors (Lipinski definition) is 9. The van der Waals surface area contributed by atoms with Gasteiger partial charge >= 0.3 is 6.09 Å². The molecule has 3 aromatic rings. The number of likely N-dealkylation sites (tertiary alicyclic amines) is 1. The lowest BCUT2D eigenvalue weighted by atomic mass is 10.0. The molecular weight excluding hydrogens is 444 g/mol. The number of anilines is 4. The van der Waals surface area contributed by atoms with Gasteiger partial charge in [0.2, 0.25) is 5.95 Å². The first-order chi connectivity index (χ1) is 16.5. The number of amides is 1. The number of fused-ring (bicyclic) bond motifs is 1. The van der Waals surface area contributed by atoms with Crippen molar-refractivity contribution in [3.63, 3.8) is 0 Å². The molecule has 1 aliphatic rings. The number of hydrogen-bond donors (Lipinski definition) is 1.